The first kappa shape index (κ1) is 20.4. The Morgan fingerprint density at radius 1 is 1.23 bits per heavy atom. The molecule has 3 aromatic heterocycles. The lowest BCUT2D eigenvalue weighted by Crippen LogP contribution is -2.29. The highest BCUT2D eigenvalue weighted by atomic mass is 32.2. The fourth-order valence-electron chi connectivity index (χ4n) is 4.01. The third-order valence-corrected chi connectivity index (χ3v) is 7.94. The van der Waals surface area contributed by atoms with Gasteiger partial charge in [0.15, 0.2) is 0 Å². The maximum Gasteiger partial charge on any atom is 0.326 e. The third kappa shape index (κ3) is 4.06. The molecule has 10 heteroatoms. The summed E-state index contributed by atoms with van der Waals surface area (Å²) in [4.78, 5) is 52.7. The monoisotopic (exact) mass is 457 g/mol. The summed E-state index contributed by atoms with van der Waals surface area (Å²) in [5.41, 5.74) is 0.534. The minimum absolute atomic E-state index is 0.0682. The summed E-state index contributed by atoms with van der Waals surface area (Å²) in [7, 11) is 0. The number of thioether (sulfide) groups is 1. The fraction of sp³-hybridized carbons (Fsp3) is 0.476. The molecular formula is C21H23N5O3S2. The Morgan fingerprint density at radius 2 is 2.03 bits per heavy atom. The lowest BCUT2D eigenvalue weighted by Gasteiger charge is -2.18. The van der Waals surface area contributed by atoms with E-state index < -0.39 is 11.2 Å². The van der Waals surface area contributed by atoms with Gasteiger partial charge in [-0.05, 0) is 50.5 Å². The molecule has 1 atom stereocenters. The van der Waals surface area contributed by atoms with Gasteiger partial charge in [0, 0.05) is 21.9 Å². The summed E-state index contributed by atoms with van der Waals surface area (Å²) < 4.78 is 0. The van der Waals surface area contributed by atoms with Crippen molar-refractivity contribution in [2.45, 2.75) is 56.9 Å². The molecule has 0 spiro atoms. The van der Waals surface area contributed by atoms with E-state index in [0.29, 0.717) is 17.5 Å². The lowest BCUT2D eigenvalue weighted by atomic mass is 9.89. The highest BCUT2D eigenvalue weighted by molar-refractivity contribution is 8.00. The van der Waals surface area contributed by atoms with Crippen LogP contribution in [0.1, 0.15) is 54.1 Å². The normalized spacial score (nSPS) is 18.2. The van der Waals surface area contributed by atoms with Crippen molar-refractivity contribution in [1.29, 1.82) is 0 Å². The first-order valence-corrected chi connectivity index (χ1v) is 12.3. The molecule has 0 radical (unpaired) electrons. The number of aryl methyl sites for hydroxylation is 2. The zero-order valence-electron chi connectivity index (χ0n) is 17.3. The predicted molar refractivity (Wildman–Crippen MR) is 122 cm³/mol. The zero-order chi connectivity index (χ0) is 21.7. The van der Waals surface area contributed by atoms with E-state index in [1.807, 2.05) is 0 Å². The molecule has 0 aromatic carbocycles. The zero-order valence-corrected chi connectivity index (χ0v) is 19.0. The van der Waals surface area contributed by atoms with Crippen molar-refractivity contribution in [3.63, 3.8) is 0 Å². The molecule has 8 nitrogen and oxygen atoms in total. The van der Waals surface area contributed by atoms with Crippen molar-refractivity contribution in [2.24, 2.45) is 5.92 Å². The molecule has 3 N–H and O–H groups in total. The van der Waals surface area contributed by atoms with Crippen LogP contribution in [0, 0.1) is 12.8 Å². The van der Waals surface area contributed by atoms with Crippen LogP contribution in [0.25, 0.3) is 10.2 Å². The van der Waals surface area contributed by atoms with E-state index in [0.717, 1.165) is 53.2 Å². The number of nitrogens with one attached hydrogen (secondary N) is 3. The average molecular weight is 458 g/mol. The van der Waals surface area contributed by atoms with Gasteiger partial charge in [0.2, 0.25) is 5.91 Å². The number of thiophene rings is 1. The minimum atomic E-state index is -0.610. The van der Waals surface area contributed by atoms with Gasteiger partial charge >= 0.3 is 5.69 Å². The average Bonchev–Trinajstić information content (AvgIpc) is 3.49. The summed E-state index contributed by atoms with van der Waals surface area (Å²) in [6.45, 7) is 3.86. The molecule has 1 amide bonds. The Hall–Kier alpha value is -2.46. The molecule has 5 rings (SSSR count). The molecule has 3 heterocycles. The van der Waals surface area contributed by atoms with Gasteiger partial charge in [0.1, 0.15) is 21.4 Å². The van der Waals surface area contributed by atoms with E-state index in [9.17, 15) is 14.4 Å². The van der Waals surface area contributed by atoms with Crippen LogP contribution in [0.3, 0.4) is 0 Å². The Bertz CT molecular complexity index is 1300. The summed E-state index contributed by atoms with van der Waals surface area (Å²) in [5.74, 6) is 1.79. The second-order valence-corrected chi connectivity index (χ2v) is 10.5. The minimum Gasteiger partial charge on any atom is -0.319 e. The maximum absolute atomic E-state index is 12.6. The van der Waals surface area contributed by atoms with Crippen molar-refractivity contribution < 1.29 is 4.79 Å². The van der Waals surface area contributed by atoms with E-state index >= 15 is 0 Å². The Kier molecular flexibility index (Phi) is 5.21. The van der Waals surface area contributed by atoms with Crippen molar-refractivity contribution in [3.8, 4) is 0 Å². The van der Waals surface area contributed by atoms with E-state index in [2.05, 4.69) is 22.2 Å². The van der Waals surface area contributed by atoms with E-state index in [1.165, 1.54) is 22.2 Å². The summed E-state index contributed by atoms with van der Waals surface area (Å²) in [6, 6.07) is 0. The number of aromatic nitrogens is 4. The molecule has 162 valence electrons. The number of carbonyl (C=O) groups excluding carboxylic acids is 1. The first-order valence-electron chi connectivity index (χ1n) is 10.5. The second kappa shape index (κ2) is 7.90. The van der Waals surface area contributed by atoms with E-state index in [4.69, 9.17) is 9.97 Å². The quantitative estimate of drug-likeness (QED) is 0.400. The fourth-order valence-corrected chi connectivity index (χ4v) is 6.33. The molecule has 2 aliphatic rings. The molecule has 0 aliphatic heterocycles. The van der Waals surface area contributed by atoms with Crippen LogP contribution >= 0.6 is 23.1 Å². The van der Waals surface area contributed by atoms with Crippen molar-refractivity contribution in [2.75, 3.05) is 11.1 Å². The largest absolute Gasteiger partial charge is 0.326 e. The summed E-state index contributed by atoms with van der Waals surface area (Å²) in [5, 5.41) is 4.59. The van der Waals surface area contributed by atoms with Crippen LogP contribution in [0.15, 0.2) is 14.6 Å². The number of amides is 1. The second-order valence-electron chi connectivity index (χ2n) is 8.44. The topological polar surface area (TPSA) is 121 Å². The van der Waals surface area contributed by atoms with Crippen LogP contribution in [-0.2, 0) is 17.6 Å². The molecule has 1 saturated carbocycles. The van der Waals surface area contributed by atoms with E-state index in [1.54, 1.807) is 18.3 Å². The predicted octanol–water partition coefficient (Wildman–Crippen LogP) is 3.11. The molecule has 2 aliphatic carbocycles. The van der Waals surface area contributed by atoms with Gasteiger partial charge in [-0.3, -0.25) is 14.6 Å². The van der Waals surface area contributed by atoms with Crippen molar-refractivity contribution >= 4 is 44.9 Å². The number of anilines is 1. The first-order chi connectivity index (χ1) is 14.9. The van der Waals surface area contributed by atoms with Crippen molar-refractivity contribution in [1.82, 2.24) is 19.9 Å². The number of aromatic amines is 2. The van der Waals surface area contributed by atoms with Gasteiger partial charge < -0.3 is 10.3 Å². The van der Waals surface area contributed by atoms with Gasteiger partial charge in [0.05, 0.1) is 5.75 Å². The molecule has 1 fully saturated rings. The Labute approximate surface area is 186 Å². The Morgan fingerprint density at radius 3 is 2.77 bits per heavy atom. The molecule has 3 aromatic rings. The highest BCUT2D eigenvalue weighted by Crippen LogP contribution is 2.44. The number of hydrogen-bond acceptors (Lipinski definition) is 7. The number of rotatable bonds is 5. The van der Waals surface area contributed by atoms with Gasteiger partial charge in [-0.1, -0.05) is 18.7 Å². The smallest absolute Gasteiger partial charge is 0.319 e. The lowest BCUT2D eigenvalue weighted by molar-refractivity contribution is -0.113. The summed E-state index contributed by atoms with van der Waals surface area (Å²) >= 11 is 3.16. The SMILES string of the molecule is Cc1[nH]c(=O)[nH]c(=O)c1NC(=O)CSc1nc(C2CC2)nc2sc3c(c12)CC[C@H](C)C3. The van der Waals surface area contributed by atoms with Gasteiger partial charge in [-0.2, -0.15) is 0 Å². The van der Waals surface area contributed by atoms with Crippen molar-refractivity contribution in [3.05, 3.63) is 42.8 Å². The number of fused-ring (bicyclic) bond motifs is 3. The maximum atomic E-state index is 12.6. The van der Waals surface area contributed by atoms with Crippen LogP contribution in [0.4, 0.5) is 5.69 Å². The highest BCUT2D eigenvalue weighted by Gasteiger charge is 2.30. The molecule has 0 unspecified atom stereocenters. The van der Waals surface area contributed by atoms with Crippen LogP contribution in [-0.4, -0.2) is 31.6 Å². The van der Waals surface area contributed by atoms with Gasteiger partial charge in [-0.25, -0.2) is 14.8 Å². The third-order valence-electron chi connectivity index (χ3n) is 5.82. The summed E-state index contributed by atoms with van der Waals surface area (Å²) in [6.07, 6.45) is 5.49. The van der Waals surface area contributed by atoms with Gasteiger partial charge in [-0.15, -0.1) is 11.3 Å². The number of nitrogens with zero attached hydrogens (tertiary/aromatic N) is 2. The molecular weight excluding hydrogens is 434 g/mol. The molecule has 0 bridgehead atoms. The Balaban J connectivity index is 1.42. The van der Waals surface area contributed by atoms with Crippen LogP contribution in [0.2, 0.25) is 0 Å². The number of carbonyl (C=O) groups is 1. The van der Waals surface area contributed by atoms with Crippen LogP contribution in [0.5, 0.6) is 0 Å². The molecule has 0 saturated heterocycles. The standard InChI is InChI=1S/C21H23N5O3S2/c1-9-3-6-12-13(7-9)31-20-15(12)19(24-17(25-20)11-4-5-11)30-8-14(27)23-16-10(2)22-21(29)26-18(16)28/h9,11H,3-8H2,1-2H3,(H,23,27)(H2,22,26,28,29)/t9-/m0/s1. The van der Waals surface area contributed by atoms with E-state index in [-0.39, 0.29) is 17.3 Å². The number of H-pyrrole nitrogens is 2. The van der Waals surface area contributed by atoms with Crippen LogP contribution < -0.4 is 16.6 Å². The van der Waals surface area contributed by atoms with Gasteiger partial charge in [0.25, 0.3) is 5.56 Å². The molecule has 31 heavy (non-hydrogen) atoms. The number of hydrogen-bond donors (Lipinski definition) is 3.